The number of hydrogen-bond donors (Lipinski definition) is 2. The standard InChI is InChI=1S/C21H30O7S/c1-19-10-16(23)18-13(14(19)7-8-15(19)17(24)11-22)6-5-12-4-3-9-21(20(12,18)2)27-29(25,26)28-21/h4,13-16,18,22-23H,3,5-11H2,1-2H3/t13-,14-,15+,16-,18+,19-,20-/m0/s1. The lowest BCUT2D eigenvalue weighted by atomic mass is 9.44. The molecule has 0 aromatic rings. The van der Waals surface area contributed by atoms with Crippen LogP contribution in [0.5, 0.6) is 0 Å². The number of carbonyl (C=O) groups excluding carboxylic acids is 1. The molecule has 7 atom stereocenters. The number of allylic oxidation sites excluding steroid dienone is 1. The van der Waals surface area contributed by atoms with E-state index in [0.717, 1.165) is 31.3 Å². The predicted octanol–water partition coefficient (Wildman–Crippen LogP) is 2.09. The molecule has 5 rings (SSSR count). The van der Waals surface area contributed by atoms with Gasteiger partial charge in [-0.1, -0.05) is 25.5 Å². The van der Waals surface area contributed by atoms with Crippen molar-refractivity contribution < 1.29 is 31.8 Å². The summed E-state index contributed by atoms with van der Waals surface area (Å²) in [5.41, 5.74) is 0.0792. The molecule has 0 unspecified atom stereocenters. The molecule has 3 saturated carbocycles. The number of carbonyl (C=O) groups is 1. The van der Waals surface area contributed by atoms with Gasteiger partial charge in [0.15, 0.2) is 5.78 Å². The fourth-order valence-corrected chi connectivity index (χ4v) is 9.29. The Morgan fingerprint density at radius 2 is 1.97 bits per heavy atom. The second-order valence-electron chi connectivity index (χ2n) is 10.2. The quantitative estimate of drug-likeness (QED) is 0.651. The largest absolute Gasteiger partial charge is 0.405 e. The summed E-state index contributed by atoms with van der Waals surface area (Å²) in [6, 6.07) is 0. The van der Waals surface area contributed by atoms with Gasteiger partial charge in [0.25, 0.3) is 0 Å². The Kier molecular flexibility index (Phi) is 4.25. The first-order valence-corrected chi connectivity index (χ1v) is 12.1. The first-order valence-electron chi connectivity index (χ1n) is 10.8. The minimum Gasteiger partial charge on any atom is -0.393 e. The Morgan fingerprint density at radius 1 is 1.24 bits per heavy atom. The van der Waals surface area contributed by atoms with Gasteiger partial charge in [0.05, 0.1) is 11.5 Å². The molecule has 0 aromatic carbocycles. The van der Waals surface area contributed by atoms with E-state index in [1.807, 2.05) is 6.92 Å². The molecule has 29 heavy (non-hydrogen) atoms. The average molecular weight is 427 g/mol. The van der Waals surface area contributed by atoms with Crippen LogP contribution in [0.1, 0.15) is 58.8 Å². The van der Waals surface area contributed by atoms with Crippen molar-refractivity contribution in [2.45, 2.75) is 70.7 Å². The van der Waals surface area contributed by atoms with Crippen molar-refractivity contribution in [1.82, 2.24) is 0 Å². The third kappa shape index (κ3) is 2.44. The van der Waals surface area contributed by atoms with E-state index in [4.69, 9.17) is 8.37 Å². The molecular weight excluding hydrogens is 396 g/mol. The van der Waals surface area contributed by atoms with Crippen LogP contribution in [0.25, 0.3) is 0 Å². The topological polar surface area (TPSA) is 110 Å². The number of aliphatic hydroxyl groups is 2. The van der Waals surface area contributed by atoms with E-state index in [0.29, 0.717) is 19.3 Å². The van der Waals surface area contributed by atoms with E-state index in [1.54, 1.807) is 0 Å². The Labute approximate surface area is 171 Å². The van der Waals surface area contributed by atoms with Gasteiger partial charge in [0, 0.05) is 18.3 Å². The van der Waals surface area contributed by atoms with Crippen molar-refractivity contribution >= 4 is 16.2 Å². The van der Waals surface area contributed by atoms with Crippen molar-refractivity contribution in [2.24, 2.45) is 34.5 Å². The van der Waals surface area contributed by atoms with E-state index < -0.39 is 34.3 Å². The summed E-state index contributed by atoms with van der Waals surface area (Å²) in [4.78, 5) is 12.4. The number of rotatable bonds is 2. The minimum atomic E-state index is -3.97. The Hall–Kier alpha value is -0.800. The van der Waals surface area contributed by atoms with Crippen LogP contribution in [0.4, 0.5) is 0 Å². The molecule has 162 valence electrons. The summed E-state index contributed by atoms with van der Waals surface area (Å²) in [5, 5.41) is 20.9. The summed E-state index contributed by atoms with van der Waals surface area (Å²) in [6.07, 6.45) is 6.47. The normalized spacial score (nSPS) is 49.4. The molecule has 4 aliphatic carbocycles. The zero-order chi connectivity index (χ0) is 20.8. The predicted molar refractivity (Wildman–Crippen MR) is 102 cm³/mol. The number of fused-ring (bicyclic) bond motifs is 6. The summed E-state index contributed by atoms with van der Waals surface area (Å²) >= 11 is 0. The highest BCUT2D eigenvalue weighted by Crippen LogP contribution is 2.70. The molecule has 4 fully saturated rings. The molecular formula is C21H30O7S. The van der Waals surface area contributed by atoms with Crippen LogP contribution in [0, 0.1) is 34.5 Å². The van der Waals surface area contributed by atoms with Crippen molar-refractivity contribution in [1.29, 1.82) is 0 Å². The summed E-state index contributed by atoms with van der Waals surface area (Å²) < 4.78 is 34.5. The fourth-order valence-electron chi connectivity index (χ4n) is 8.10. The lowest BCUT2D eigenvalue weighted by Gasteiger charge is -2.65. The third-order valence-electron chi connectivity index (χ3n) is 9.21. The van der Waals surface area contributed by atoms with Gasteiger partial charge in [-0.05, 0) is 55.8 Å². The number of hydrogen-bond acceptors (Lipinski definition) is 7. The second-order valence-corrected chi connectivity index (χ2v) is 11.3. The molecule has 0 radical (unpaired) electrons. The van der Waals surface area contributed by atoms with Gasteiger partial charge in [-0.15, -0.1) is 0 Å². The zero-order valence-electron chi connectivity index (χ0n) is 17.0. The van der Waals surface area contributed by atoms with E-state index >= 15 is 0 Å². The van der Waals surface area contributed by atoms with Gasteiger partial charge < -0.3 is 10.2 Å². The molecule has 0 aromatic heterocycles. The van der Waals surface area contributed by atoms with E-state index in [2.05, 4.69) is 13.0 Å². The third-order valence-corrected chi connectivity index (χ3v) is 10.2. The van der Waals surface area contributed by atoms with Crippen LogP contribution in [0.15, 0.2) is 11.6 Å². The molecule has 1 aliphatic heterocycles. The van der Waals surface area contributed by atoms with Crippen LogP contribution >= 0.6 is 0 Å². The Balaban J connectivity index is 1.56. The van der Waals surface area contributed by atoms with Crippen LogP contribution < -0.4 is 0 Å². The van der Waals surface area contributed by atoms with Crippen LogP contribution in [-0.4, -0.2) is 42.9 Å². The van der Waals surface area contributed by atoms with Crippen molar-refractivity contribution in [3.05, 3.63) is 11.6 Å². The molecule has 5 aliphatic rings. The summed E-state index contributed by atoms with van der Waals surface area (Å²) in [7, 11) is -3.97. The van der Waals surface area contributed by atoms with Gasteiger partial charge in [-0.2, -0.15) is 8.42 Å². The Morgan fingerprint density at radius 3 is 2.62 bits per heavy atom. The highest BCUT2D eigenvalue weighted by molar-refractivity contribution is 7.82. The smallest absolute Gasteiger partial charge is 0.393 e. The first kappa shape index (κ1) is 20.1. The summed E-state index contributed by atoms with van der Waals surface area (Å²) in [6.45, 7) is 3.64. The van der Waals surface area contributed by atoms with Crippen molar-refractivity contribution in [3.63, 3.8) is 0 Å². The highest BCUT2D eigenvalue weighted by atomic mass is 32.3. The van der Waals surface area contributed by atoms with Crippen LogP contribution in [0.2, 0.25) is 0 Å². The van der Waals surface area contributed by atoms with Gasteiger partial charge in [-0.25, -0.2) is 8.37 Å². The average Bonchev–Trinajstić information content (AvgIpc) is 2.96. The van der Waals surface area contributed by atoms with E-state index in [1.165, 1.54) is 0 Å². The maximum Gasteiger partial charge on any atom is 0.405 e. The lowest BCUT2D eigenvalue weighted by molar-refractivity contribution is -0.294. The monoisotopic (exact) mass is 426 g/mol. The number of Topliss-reactive ketones (excluding diaryl/α,β-unsaturated/α-hetero) is 1. The maximum atomic E-state index is 12.4. The molecule has 1 heterocycles. The summed E-state index contributed by atoms with van der Waals surface area (Å²) in [5.74, 6) is -1.35. The number of ketones is 1. The number of aliphatic hydroxyl groups excluding tert-OH is 2. The lowest BCUT2D eigenvalue weighted by Crippen LogP contribution is -2.70. The molecule has 1 saturated heterocycles. The zero-order valence-corrected chi connectivity index (χ0v) is 17.8. The first-order chi connectivity index (χ1) is 13.6. The SMILES string of the molecule is C[C@]12C[C@H](O)[C@H]3[C@@H](CCC4=CCCC5(OS(=O)(=O)O5)[C@@]43C)[C@@H]1CC[C@@H]2C(=O)CO. The maximum absolute atomic E-state index is 12.4. The van der Waals surface area contributed by atoms with E-state index in [9.17, 15) is 23.4 Å². The highest BCUT2D eigenvalue weighted by Gasteiger charge is 2.73. The molecule has 1 spiro atoms. The van der Waals surface area contributed by atoms with Gasteiger partial charge in [-0.3, -0.25) is 4.79 Å². The van der Waals surface area contributed by atoms with Gasteiger partial charge in [0.1, 0.15) is 6.61 Å². The van der Waals surface area contributed by atoms with Crippen LogP contribution in [-0.2, 0) is 23.6 Å². The molecule has 0 amide bonds. The molecule has 2 N–H and O–H groups in total. The molecule has 8 heteroatoms. The van der Waals surface area contributed by atoms with Crippen molar-refractivity contribution in [3.8, 4) is 0 Å². The molecule has 7 nitrogen and oxygen atoms in total. The van der Waals surface area contributed by atoms with Crippen molar-refractivity contribution in [2.75, 3.05) is 6.61 Å². The second kappa shape index (κ2) is 6.13. The Bertz CT molecular complexity index is 867. The van der Waals surface area contributed by atoms with E-state index in [-0.39, 0.29) is 34.9 Å². The molecule has 0 bridgehead atoms. The minimum absolute atomic E-state index is 0.130. The fraction of sp³-hybridized carbons (Fsp3) is 0.857. The van der Waals surface area contributed by atoms with Gasteiger partial charge >= 0.3 is 10.4 Å². The van der Waals surface area contributed by atoms with Crippen LogP contribution in [0.3, 0.4) is 0 Å². The van der Waals surface area contributed by atoms with Gasteiger partial charge in [0.2, 0.25) is 5.79 Å².